The standard InChI is InChI=1S/C13H18N4O3/c1-13(2,3)20-12(18)10-16-9(8-14)11(19-10)17-6-4-15-5-7-17/h15H,4-7H2,1-3H3. The molecule has 0 spiro atoms. The van der Waals surface area contributed by atoms with Crippen LogP contribution in [0, 0.1) is 11.3 Å². The van der Waals surface area contributed by atoms with Gasteiger partial charge in [-0.2, -0.15) is 10.2 Å². The van der Waals surface area contributed by atoms with Crippen molar-refractivity contribution < 1.29 is 13.9 Å². The summed E-state index contributed by atoms with van der Waals surface area (Å²) < 4.78 is 10.6. The van der Waals surface area contributed by atoms with Crippen molar-refractivity contribution in [2.75, 3.05) is 31.1 Å². The normalized spacial score (nSPS) is 15.8. The Kier molecular flexibility index (Phi) is 3.95. The average molecular weight is 278 g/mol. The summed E-state index contributed by atoms with van der Waals surface area (Å²) in [6, 6.07) is 1.96. The lowest BCUT2D eigenvalue weighted by molar-refractivity contribution is 0.00279. The van der Waals surface area contributed by atoms with Crippen LogP contribution in [-0.4, -0.2) is 42.7 Å². The highest BCUT2D eigenvalue weighted by atomic mass is 16.6. The Morgan fingerprint density at radius 3 is 2.65 bits per heavy atom. The molecule has 108 valence electrons. The van der Waals surface area contributed by atoms with E-state index in [1.165, 1.54) is 0 Å². The van der Waals surface area contributed by atoms with Crippen LogP contribution in [0.15, 0.2) is 4.42 Å². The summed E-state index contributed by atoms with van der Waals surface area (Å²) in [7, 11) is 0. The highest BCUT2D eigenvalue weighted by molar-refractivity contribution is 5.85. The smallest absolute Gasteiger partial charge is 0.395 e. The maximum Gasteiger partial charge on any atom is 0.395 e. The van der Waals surface area contributed by atoms with Gasteiger partial charge >= 0.3 is 11.9 Å². The molecular weight excluding hydrogens is 260 g/mol. The lowest BCUT2D eigenvalue weighted by Crippen LogP contribution is -2.43. The molecular formula is C13H18N4O3. The zero-order valence-electron chi connectivity index (χ0n) is 11.9. The number of ether oxygens (including phenoxy) is 1. The molecule has 20 heavy (non-hydrogen) atoms. The summed E-state index contributed by atoms with van der Waals surface area (Å²) in [6.45, 7) is 8.29. The van der Waals surface area contributed by atoms with Crippen molar-refractivity contribution in [3.8, 4) is 6.07 Å². The number of nitrogens with zero attached hydrogens (tertiary/aromatic N) is 3. The van der Waals surface area contributed by atoms with Crippen molar-refractivity contribution >= 4 is 11.9 Å². The summed E-state index contributed by atoms with van der Waals surface area (Å²) in [5.74, 6) is -0.491. The topological polar surface area (TPSA) is 91.4 Å². The number of hydrogen-bond donors (Lipinski definition) is 1. The SMILES string of the molecule is CC(C)(C)OC(=O)c1nc(C#N)c(N2CCNCC2)o1. The average Bonchev–Trinajstić information content (AvgIpc) is 2.82. The van der Waals surface area contributed by atoms with Gasteiger partial charge in [-0.15, -0.1) is 0 Å². The van der Waals surface area contributed by atoms with Crippen LogP contribution in [0.1, 0.15) is 37.2 Å². The molecule has 2 heterocycles. The summed E-state index contributed by atoms with van der Waals surface area (Å²) >= 11 is 0. The van der Waals surface area contributed by atoms with Gasteiger partial charge in [0.25, 0.3) is 0 Å². The molecule has 7 heteroatoms. The van der Waals surface area contributed by atoms with Crippen molar-refractivity contribution in [3.63, 3.8) is 0 Å². The fraction of sp³-hybridized carbons (Fsp3) is 0.615. The molecule has 0 radical (unpaired) electrons. The van der Waals surface area contributed by atoms with Crippen molar-refractivity contribution in [2.24, 2.45) is 0 Å². The van der Waals surface area contributed by atoms with Crippen molar-refractivity contribution in [1.82, 2.24) is 10.3 Å². The van der Waals surface area contributed by atoms with Gasteiger partial charge in [-0.05, 0) is 20.8 Å². The fourth-order valence-corrected chi connectivity index (χ4v) is 1.88. The monoisotopic (exact) mass is 278 g/mol. The minimum absolute atomic E-state index is 0.118. The third kappa shape index (κ3) is 3.27. The molecule has 1 aliphatic heterocycles. The number of carbonyl (C=O) groups excluding carboxylic acids is 1. The van der Waals surface area contributed by atoms with Gasteiger partial charge in [0, 0.05) is 26.2 Å². The van der Waals surface area contributed by atoms with Crippen LogP contribution in [0.2, 0.25) is 0 Å². The summed E-state index contributed by atoms with van der Waals surface area (Å²) in [6.07, 6.45) is 0. The van der Waals surface area contributed by atoms with E-state index in [-0.39, 0.29) is 11.6 Å². The molecule has 2 rings (SSSR count). The molecule has 0 atom stereocenters. The van der Waals surface area contributed by atoms with Gasteiger partial charge in [-0.25, -0.2) is 4.79 Å². The number of nitriles is 1. The number of carbonyl (C=O) groups is 1. The molecule has 0 aromatic carbocycles. The van der Waals surface area contributed by atoms with E-state index in [2.05, 4.69) is 10.3 Å². The van der Waals surface area contributed by atoms with Gasteiger partial charge in [0.05, 0.1) is 0 Å². The molecule has 0 saturated carbocycles. The number of aromatic nitrogens is 1. The van der Waals surface area contributed by atoms with Crippen LogP contribution in [0.5, 0.6) is 0 Å². The van der Waals surface area contributed by atoms with Crippen molar-refractivity contribution in [2.45, 2.75) is 26.4 Å². The van der Waals surface area contributed by atoms with Gasteiger partial charge in [0.2, 0.25) is 11.6 Å². The van der Waals surface area contributed by atoms with Crippen LogP contribution in [-0.2, 0) is 4.74 Å². The molecule has 1 N–H and O–H groups in total. The van der Waals surface area contributed by atoms with E-state index in [1.807, 2.05) is 11.0 Å². The Morgan fingerprint density at radius 1 is 1.45 bits per heavy atom. The number of esters is 1. The number of anilines is 1. The predicted octanol–water partition coefficient (Wildman–Crippen LogP) is 0.911. The number of hydrogen-bond acceptors (Lipinski definition) is 7. The fourth-order valence-electron chi connectivity index (χ4n) is 1.88. The van der Waals surface area contributed by atoms with Gasteiger partial charge in [-0.3, -0.25) is 0 Å². The van der Waals surface area contributed by atoms with Crippen LogP contribution in [0.3, 0.4) is 0 Å². The summed E-state index contributed by atoms with van der Waals surface area (Å²) in [4.78, 5) is 17.7. The maximum atomic E-state index is 11.9. The lowest BCUT2D eigenvalue weighted by Gasteiger charge is -2.26. The van der Waals surface area contributed by atoms with Crippen molar-refractivity contribution in [3.05, 3.63) is 11.6 Å². The Hall–Kier alpha value is -2.07. The zero-order valence-corrected chi connectivity index (χ0v) is 11.9. The van der Waals surface area contributed by atoms with Crippen LogP contribution in [0.25, 0.3) is 0 Å². The molecule has 1 fully saturated rings. The van der Waals surface area contributed by atoms with Crippen LogP contribution in [0.4, 0.5) is 5.88 Å². The summed E-state index contributed by atoms with van der Waals surface area (Å²) in [5.41, 5.74) is -0.513. The van der Waals surface area contributed by atoms with Gasteiger partial charge in [0.1, 0.15) is 11.7 Å². The van der Waals surface area contributed by atoms with E-state index in [0.717, 1.165) is 13.1 Å². The highest BCUT2D eigenvalue weighted by Crippen LogP contribution is 2.23. The number of piperazine rings is 1. The van der Waals surface area contributed by atoms with Crippen molar-refractivity contribution in [1.29, 1.82) is 5.26 Å². The first-order valence-corrected chi connectivity index (χ1v) is 6.50. The van der Waals surface area contributed by atoms with E-state index in [0.29, 0.717) is 19.0 Å². The molecule has 1 aromatic rings. The number of nitrogens with one attached hydrogen (secondary N) is 1. The third-order valence-electron chi connectivity index (χ3n) is 2.69. The Labute approximate surface area is 117 Å². The Morgan fingerprint density at radius 2 is 2.10 bits per heavy atom. The van der Waals surface area contributed by atoms with Gasteiger partial charge < -0.3 is 19.4 Å². The molecule has 7 nitrogen and oxygen atoms in total. The Balaban J connectivity index is 2.22. The maximum absolute atomic E-state index is 11.9. The van der Waals surface area contributed by atoms with E-state index in [9.17, 15) is 4.79 Å². The zero-order chi connectivity index (χ0) is 14.8. The first kappa shape index (κ1) is 14.3. The van der Waals surface area contributed by atoms with E-state index >= 15 is 0 Å². The van der Waals surface area contributed by atoms with E-state index < -0.39 is 11.6 Å². The van der Waals surface area contributed by atoms with Crippen LogP contribution < -0.4 is 10.2 Å². The third-order valence-corrected chi connectivity index (χ3v) is 2.69. The molecule has 0 aliphatic carbocycles. The predicted molar refractivity (Wildman–Crippen MR) is 71.5 cm³/mol. The molecule has 0 amide bonds. The summed E-state index contributed by atoms with van der Waals surface area (Å²) in [5, 5.41) is 12.3. The quantitative estimate of drug-likeness (QED) is 0.804. The largest absolute Gasteiger partial charge is 0.453 e. The minimum Gasteiger partial charge on any atom is -0.453 e. The second-order valence-electron chi connectivity index (χ2n) is 5.52. The van der Waals surface area contributed by atoms with Gasteiger partial charge in [-0.1, -0.05) is 0 Å². The lowest BCUT2D eigenvalue weighted by atomic mass is 10.2. The highest BCUT2D eigenvalue weighted by Gasteiger charge is 2.27. The molecule has 0 unspecified atom stereocenters. The number of oxazole rings is 1. The molecule has 0 bridgehead atoms. The molecule has 1 aliphatic rings. The second-order valence-corrected chi connectivity index (χ2v) is 5.52. The number of rotatable bonds is 2. The van der Waals surface area contributed by atoms with Gasteiger partial charge in [0.15, 0.2) is 0 Å². The Bertz CT molecular complexity index is 533. The van der Waals surface area contributed by atoms with E-state index in [4.69, 9.17) is 14.4 Å². The minimum atomic E-state index is -0.657. The van der Waals surface area contributed by atoms with E-state index in [1.54, 1.807) is 20.8 Å². The first-order valence-electron chi connectivity index (χ1n) is 6.50. The molecule has 1 saturated heterocycles. The van der Waals surface area contributed by atoms with Crippen LogP contribution >= 0.6 is 0 Å². The second kappa shape index (κ2) is 5.51. The first-order chi connectivity index (χ1) is 9.40. The molecule has 1 aromatic heterocycles.